The number of rotatable bonds is 7. The Labute approximate surface area is 110 Å². The molecular formula is C14H27NO3. The first-order valence-electron chi connectivity index (χ1n) is 6.59. The van der Waals surface area contributed by atoms with Crippen molar-refractivity contribution in [3.63, 3.8) is 0 Å². The van der Waals surface area contributed by atoms with Crippen LogP contribution >= 0.6 is 0 Å². The van der Waals surface area contributed by atoms with Crippen molar-refractivity contribution in [3.8, 4) is 0 Å². The van der Waals surface area contributed by atoms with E-state index >= 15 is 0 Å². The van der Waals surface area contributed by atoms with E-state index in [0.717, 1.165) is 12.8 Å². The molecule has 2 N–H and O–H groups in total. The van der Waals surface area contributed by atoms with Crippen molar-refractivity contribution >= 4 is 11.9 Å². The molecule has 0 aliphatic heterocycles. The van der Waals surface area contributed by atoms with Gasteiger partial charge in [0.15, 0.2) is 0 Å². The maximum atomic E-state index is 12.0. The van der Waals surface area contributed by atoms with Crippen LogP contribution in [0.1, 0.15) is 60.8 Å². The fraction of sp³-hybridized carbons (Fsp3) is 0.857. The number of nitrogens with one attached hydrogen (secondary N) is 1. The monoisotopic (exact) mass is 257 g/mol. The first-order valence-corrected chi connectivity index (χ1v) is 6.59. The summed E-state index contributed by atoms with van der Waals surface area (Å²) in [5.74, 6) is -1.19. The van der Waals surface area contributed by atoms with Crippen LogP contribution in [0.5, 0.6) is 0 Å². The van der Waals surface area contributed by atoms with Crippen molar-refractivity contribution in [2.24, 2.45) is 11.3 Å². The fourth-order valence-corrected chi connectivity index (χ4v) is 1.97. The van der Waals surface area contributed by atoms with E-state index in [-0.39, 0.29) is 23.8 Å². The number of hydrogen-bond acceptors (Lipinski definition) is 2. The van der Waals surface area contributed by atoms with Crippen molar-refractivity contribution in [2.75, 3.05) is 0 Å². The van der Waals surface area contributed by atoms with Crippen LogP contribution in [-0.2, 0) is 9.59 Å². The second-order valence-electron chi connectivity index (χ2n) is 6.24. The first-order chi connectivity index (χ1) is 8.05. The number of carboxylic acid groups (broad SMARTS) is 1. The molecule has 1 atom stereocenters. The zero-order valence-electron chi connectivity index (χ0n) is 12.5. The summed E-state index contributed by atoms with van der Waals surface area (Å²) in [7, 11) is 0. The van der Waals surface area contributed by atoms with Gasteiger partial charge in [-0.3, -0.25) is 9.59 Å². The standard InChI is InChI=1S/C14H27NO3/c1-7-8-13(4,5)15-11(16)9-14(6,10(2)3)12(17)18/h10H,7-9H2,1-6H3,(H,15,16)(H,17,18). The van der Waals surface area contributed by atoms with Gasteiger partial charge in [0, 0.05) is 12.0 Å². The summed E-state index contributed by atoms with van der Waals surface area (Å²) in [6.45, 7) is 11.3. The van der Waals surface area contributed by atoms with Crippen molar-refractivity contribution < 1.29 is 14.7 Å². The lowest BCUT2D eigenvalue weighted by Crippen LogP contribution is -2.47. The average Bonchev–Trinajstić information content (AvgIpc) is 2.14. The summed E-state index contributed by atoms with van der Waals surface area (Å²) in [4.78, 5) is 23.3. The van der Waals surface area contributed by atoms with Gasteiger partial charge < -0.3 is 10.4 Å². The van der Waals surface area contributed by atoms with Gasteiger partial charge in [-0.15, -0.1) is 0 Å². The van der Waals surface area contributed by atoms with Crippen LogP contribution in [0.15, 0.2) is 0 Å². The summed E-state index contributed by atoms with van der Waals surface area (Å²) in [6.07, 6.45) is 1.88. The third kappa shape index (κ3) is 4.67. The number of aliphatic carboxylic acids is 1. The molecule has 0 saturated carbocycles. The van der Waals surface area contributed by atoms with Gasteiger partial charge in [0.1, 0.15) is 0 Å². The second kappa shape index (κ2) is 6.21. The third-order valence-corrected chi connectivity index (χ3v) is 3.64. The minimum absolute atomic E-state index is 0.0210. The van der Waals surface area contributed by atoms with Crippen LogP contribution in [0.25, 0.3) is 0 Å². The summed E-state index contributed by atoms with van der Waals surface area (Å²) < 4.78 is 0. The van der Waals surface area contributed by atoms with E-state index < -0.39 is 11.4 Å². The second-order valence-corrected chi connectivity index (χ2v) is 6.24. The van der Waals surface area contributed by atoms with Gasteiger partial charge in [-0.05, 0) is 33.1 Å². The number of amides is 1. The Morgan fingerprint density at radius 1 is 1.22 bits per heavy atom. The lowest BCUT2D eigenvalue weighted by atomic mass is 9.76. The number of carbonyl (C=O) groups is 2. The molecule has 4 nitrogen and oxygen atoms in total. The van der Waals surface area contributed by atoms with Crippen LogP contribution < -0.4 is 5.32 Å². The Hall–Kier alpha value is -1.06. The molecule has 4 heteroatoms. The Bertz CT molecular complexity index is 310. The predicted molar refractivity (Wildman–Crippen MR) is 72.3 cm³/mol. The van der Waals surface area contributed by atoms with E-state index in [1.807, 2.05) is 27.7 Å². The number of carboxylic acids is 1. The SMILES string of the molecule is CCCC(C)(C)NC(=O)CC(C)(C(=O)O)C(C)C. The Morgan fingerprint density at radius 3 is 2.06 bits per heavy atom. The van der Waals surface area contributed by atoms with Gasteiger partial charge >= 0.3 is 5.97 Å². The molecule has 0 aromatic heterocycles. The summed E-state index contributed by atoms with van der Waals surface area (Å²) in [5, 5.41) is 12.2. The Balaban J connectivity index is 4.69. The minimum Gasteiger partial charge on any atom is -0.481 e. The van der Waals surface area contributed by atoms with Crippen molar-refractivity contribution in [1.29, 1.82) is 0 Å². The van der Waals surface area contributed by atoms with Crippen LogP contribution in [0.3, 0.4) is 0 Å². The summed E-state index contributed by atoms with van der Waals surface area (Å²) in [5.41, 5.74) is -1.28. The highest BCUT2D eigenvalue weighted by Crippen LogP contribution is 2.31. The molecule has 1 amide bonds. The normalized spacial score (nSPS) is 15.3. The lowest BCUT2D eigenvalue weighted by molar-refractivity contribution is -0.153. The summed E-state index contributed by atoms with van der Waals surface area (Å²) in [6, 6.07) is 0. The maximum absolute atomic E-state index is 12.0. The van der Waals surface area contributed by atoms with Gasteiger partial charge in [-0.25, -0.2) is 0 Å². The number of carbonyl (C=O) groups excluding carboxylic acids is 1. The predicted octanol–water partition coefficient (Wildman–Crippen LogP) is 2.82. The Kier molecular flexibility index (Phi) is 5.84. The van der Waals surface area contributed by atoms with Gasteiger partial charge in [0.2, 0.25) is 5.91 Å². The van der Waals surface area contributed by atoms with E-state index in [0.29, 0.717) is 0 Å². The van der Waals surface area contributed by atoms with Gasteiger partial charge in [0.25, 0.3) is 0 Å². The van der Waals surface area contributed by atoms with Crippen molar-refractivity contribution in [2.45, 2.75) is 66.3 Å². The molecular weight excluding hydrogens is 230 g/mol. The molecule has 1 unspecified atom stereocenters. The minimum atomic E-state index is -1.01. The molecule has 106 valence electrons. The van der Waals surface area contributed by atoms with Crippen LogP contribution in [0.4, 0.5) is 0 Å². The highest BCUT2D eigenvalue weighted by molar-refractivity contribution is 5.85. The number of hydrogen-bond donors (Lipinski definition) is 2. The Morgan fingerprint density at radius 2 is 1.72 bits per heavy atom. The van der Waals surface area contributed by atoms with Crippen LogP contribution in [-0.4, -0.2) is 22.5 Å². The van der Waals surface area contributed by atoms with E-state index in [9.17, 15) is 14.7 Å². The topological polar surface area (TPSA) is 66.4 Å². The molecule has 0 fully saturated rings. The van der Waals surface area contributed by atoms with Gasteiger partial charge in [-0.2, -0.15) is 0 Å². The van der Waals surface area contributed by atoms with Crippen molar-refractivity contribution in [1.82, 2.24) is 5.32 Å². The van der Waals surface area contributed by atoms with Crippen molar-refractivity contribution in [3.05, 3.63) is 0 Å². The molecule has 0 aliphatic carbocycles. The first kappa shape index (κ1) is 16.9. The molecule has 0 saturated heterocycles. The fourth-order valence-electron chi connectivity index (χ4n) is 1.97. The molecule has 0 rings (SSSR count). The lowest BCUT2D eigenvalue weighted by Gasteiger charge is -2.31. The van der Waals surface area contributed by atoms with E-state index in [1.165, 1.54) is 0 Å². The van der Waals surface area contributed by atoms with Gasteiger partial charge in [0.05, 0.1) is 5.41 Å². The highest BCUT2D eigenvalue weighted by atomic mass is 16.4. The molecule has 0 spiro atoms. The smallest absolute Gasteiger partial charge is 0.310 e. The summed E-state index contributed by atoms with van der Waals surface area (Å²) >= 11 is 0. The zero-order valence-corrected chi connectivity index (χ0v) is 12.5. The molecule has 18 heavy (non-hydrogen) atoms. The zero-order chi connectivity index (χ0) is 14.6. The van der Waals surface area contributed by atoms with E-state index in [2.05, 4.69) is 12.2 Å². The van der Waals surface area contributed by atoms with Crippen LogP contribution in [0.2, 0.25) is 0 Å². The third-order valence-electron chi connectivity index (χ3n) is 3.64. The molecule has 0 aromatic carbocycles. The molecule has 0 aliphatic rings. The van der Waals surface area contributed by atoms with E-state index in [4.69, 9.17) is 0 Å². The largest absolute Gasteiger partial charge is 0.481 e. The maximum Gasteiger partial charge on any atom is 0.310 e. The highest BCUT2D eigenvalue weighted by Gasteiger charge is 2.39. The van der Waals surface area contributed by atoms with E-state index in [1.54, 1.807) is 6.92 Å². The molecule has 0 radical (unpaired) electrons. The average molecular weight is 257 g/mol. The molecule has 0 heterocycles. The quantitative estimate of drug-likeness (QED) is 0.737. The molecule has 0 bridgehead atoms. The molecule has 0 aromatic rings. The van der Waals surface area contributed by atoms with Crippen LogP contribution in [0, 0.1) is 11.3 Å². The van der Waals surface area contributed by atoms with Gasteiger partial charge in [-0.1, -0.05) is 27.2 Å².